The molecule has 1 unspecified atom stereocenters. The molecule has 1 rings (SSSR count). The third-order valence-corrected chi connectivity index (χ3v) is 2.61. The molecule has 17 heavy (non-hydrogen) atoms. The highest BCUT2D eigenvalue weighted by atomic mass is 19.2. The first-order valence-electron chi connectivity index (χ1n) is 6.02. The SMILES string of the molecule is CCNC(CC(C)(C)C)c1ccc(F)c(F)c1. The Morgan fingerprint density at radius 1 is 1.18 bits per heavy atom. The summed E-state index contributed by atoms with van der Waals surface area (Å²) >= 11 is 0. The van der Waals surface area contributed by atoms with Crippen molar-refractivity contribution in [1.29, 1.82) is 0 Å². The molecule has 0 bridgehead atoms. The Hall–Kier alpha value is -0.960. The fraction of sp³-hybridized carbons (Fsp3) is 0.571. The Morgan fingerprint density at radius 2 is 1.82 bits per heavy atom. The van der Waals surface area contributed by atoms with Gasteiger partial charge in [-0.15, -0.1) is 0 Å². The van der Waals surface area contributed by atoms with Gasteiger partial charge in [0.15, 0.2) is 11.6 Å². The van der Waals surface area contributed by atoms with Crippen LogP contribution in [0, 0.1) is 17.0 Å². The van der Waals surface area contributed by atoms with Gasteiger partial charge in [-0.05, 0) is 36.1 Å². The summed E-state index contributed by atoms with van der Waals surface area (Å²) in [6.07, 6.45) is 0.881. The molecular weight excluding hydrogens is 220 g/mol. The monoisotopic (exact) mass is 241 g/mol. The largest absolute Gasteiger partial charge is 0.310 e. The Bertz CT molecular complexity index is 369. The zero-order valence-electron chi connectivity index (χ0n) is 11.0. The van der Waals surface area contributed by atoms with E-state index in [4.69, 9.17) is 0 Å². The van der Waals surface area contributed by atoms with Crippen LogP contribution in [0.4, 0.5) is 8.78 Å². The van der Waals surface area contributed by atoms with Crippen LogP contribution in [0.1, 0.15) is 45.7 Å². The Balaban J connectivity index is 2.93. The summed E-state index contributed by atoms with van der Waals surface area (Å²) < 4.78 is 26.1. The smallest absolute Gasteiger partial charge is 0.159 e. The van der Waals surface area contributed by atoms with E-state index >= 15 is 0 Å². The van der Waals surface area contributed by atoms with Crippen molar-refractivity contribution in [1.82, 2.24) is 5.32 Å². The molecule has 0 saturated carbocycles. The number of halogens is 2. The molecule has 0 aliphatic heterocycles. The van der Waals surface area contributed by atoms with Crippen LogP contribution in [0.15, 0.2) is 18.2 Å². The number of hydrogen-bond acceptors (Lipinski definition) is 1. The highest BCUT2D eigenvalue weighted by Gasteiger charge is 2.20. The van der Waals surface area contributed by atoms with Gasteiger partial charge in [0, 0.05) is 6.04 Å². The Kier molecular flexibility index (Phi) is 4.63. The molecular formula is C14H21F2N. The molecule has 1 aromatic carbocycles. The minimum atomic E-state index is -0.792. The summed E-state index contributed by atoms with van der Waals surface area (Å²) in [6.45, 7) is 9.22. The van der Waals surface area contributed by atoms with Crippen molar-refractivity contribution in [3.05, 3.63) is 35.4 Å². The standard InChI is InChI=1S/C14H21F2N/c1-5-17-13(9-14(2,3)4)10-6-7-11(15)12(16)8-10/h6-8,13,17H,5,9H2,1-4H3. The van der Waals surface area contributed by atoms with E-state index in [1.54, 1.807) is 6.07 Å². The highest BCUT2D eigenvalue weighted by Crippen LogP contribution is 2.29. The van der Waals surface area contributed by atoms with Crippen LogP contribution in [0.25, 0.3) is 0 Å². The van der Waals surface area contributed by atoms with Gasteiger partial charge in [0.05, 0.1) is 0 Å². The van der Waals surface area contributed by atoms with E-state index in [2.05, 4.69) is 26.1 Å². The summed E-state index contributed by atoms with van der Waals surface area (Å²) in [5.41, 5.74) is 0.943. The van der Waals surface area contributed by atoms with Crippen LogP contribution in [0.3, 0.4) is 0 Å². The van der Waals surface area contributed by atoms with Gasteiger partial charge in [-0.1, -0.05) is 33.8 Å². The molecule has 0 aromatic heterocycles. The van der Waals surface area contributed by atoms with Gasteiger partial charge in [-0.3, -0.25) is 0 Å². The van der Waals surface area contributed by atoms with Crippen LogP contribution in [-0.4, -0.2) is 6.54 Å². The second-order valence-electron chi connectivity index (χ2n) is 5.55. The van der Waals surface area contributed by atoms with Crippen molar-refractivity contribution >= 4 is 0 Å². The number of benzene rings is 1. The van der Waals surface area contributed by atoms with Crippen molar-refractivity contribution in [3.63, 3.8) is 0 Å². The highest BCUT2D eigenvalue weighted by molar-refractivity contribution is 5.21. The van der Waals surface area contributed by atoms with E-state index in [1.165, 1.54) is 12.1 Å². The summed E-state index contributed by atoms with van der Waals surface area (Å²) in [5, 5.41) is 3.31. The molecule has 0 aliphatic rings. The van der Waals surface area contributed by atoms with Gasteiger partial charge < -0.3 is 5.32 Å². The lowest BCUT2D eigenvalue weighted by molar-refractivity contribution is 0.313. The zero-order chi connectivity index (χ0) is 13.1. The molecule has 0 amide bonds. The van der Waals surface area contributed by atoms with Gasteiger partial charge in [-0.2, -0.15) is 0 Å². The number of hydrogen-bond donors (Lipinski definition) is 1. The van der Waals surface area contributed by atoms with Crippen molar-refractivity contribution in [2.75, 3.05) is 6.54 Å². The molecule has 0 spiro atoms. The van der Waals surface area contributed by atoms with Crippen molar-refractivity contribution in [2.24, 2.45) is 5.41 Å². The van der Waals surface area contributed by atoms with E-state index in [-0.39, 0.29) is 11.5 Å². The first-order valence-corrected chi connectivity index (χ1v) is 6.02. The second-order valence-corrected chi connectivity index (χ2v) is 5.55. The van der Waals surface area contributed by atoms with Crippen LogP contribution >= 0.6 is 0 Å². The lowest BCUT2D eigenvalue weighted by atomic mass is 9.85. The van der Waals surface area contributed by atoms with Gasteiger partial charge in [0.2, 0.25) is 0 Å². The first-order chi connectivity index (χ1) is 7.83. The van der Waals surface area contributed by atoms with Crippen LogP contribution in [0.5, 0.6) is 0 Å². The average molecular weight is 241 g/mol. The quantitative estimate of drug-likeness (QED) is 0.838. The van der Waals surface area contributed by atoms with Gasteiger partial charge in [0.1, 0.15) is 0 Å². The predicted molar refractivity (Wildman–Crippen MR) is 66.8 cm³/mol. The number of nitrogens with one attached hydrogen (secondary N) is 1. The van der Waals surface area contributed by atoms with Crippen molar-refractivity contribution < 1.29 is 8.78 Å². The van der Waals surface area contributed by atoms with Crippen LogP contribution < -0.4 is 5.32 Å². The van der Waals surface area contributed by atoms with Crippen LogP contribution in [0.2, 0.25) is 0 Å². The molecule has 96 valence electrons. The minimum Gasteiger partial charge on any atom is -0.310 e. The predicted octanol–water partition coefficient (Wildman–Crippen LogP) is 4.05. The van der Waals surface area contributed by atoms with Crippen molar-refractivity contribution in [3.8, 4) is 0 Å². The summed E-state index contributed by atoms with van der Waals surface area (Å²) in [7, 11) is 0. The van der Waals surface area contributed by atoms with Gasteiger partial charge in [-0.25, -0.2) is 8.78 Å². The summed E-state index contributed by atoms with van der Waals surface area (Å²) in [6, 6.07) is 4.19. The number of rotatable bonds is 4. The lowest BCUT2D eigenvalue weighted by Gasteiger charge is -2.27. The molecule has 3 heteroatoms. The van der Waals surface area contributed by atoms with Gasteiger partial charge in [0.25, 0.3) is 0 Å². The molecule has 0 fully saturated rings. The van der Waals surface area contributed by atoms with Gasteiger partial charge >= 0.3 is 0 Å². The van der Waals surface area contributed by atoms with Crippen LogP contribution in [-0.2, 0) is 0 Å². The fourth-order valence-corrected chi connectivity index (χ4v) is 1.90. The maximum atomic E-state index is 13.2. The normalized spacial score (nSPS) is 13.8. The summed E-state index contributed by atoms with van der Waals surface area (Å²) in [4.78, 5) is 0. The second kappa shape index (κ2) is 5.58. The zero-order valence-corrected chi connectivity index (χ0v) is 11.0. The molecule has 1 N–H and O–H groups in total. The molecule has 0 aliphatic carbocycles. The molecule has 1 aromatic rings. The first kappa shape index (κ1) is 14.1. The summed E-state index contributed by atoms with van der Waals surface area (Å²) in [5.74, 6) is -1.57. The molecule has 1 nitrogen and oxygen atoms in total. The maximum Gasteiger partial charge on any atom is 0.159 e. The molecule has 0 heterocycles. The average Bonchev–Trinajstić information content (AvgIpc) is 2.19. The van der Waals surface area contributed by atoms with E-state index < -0.39 is 11.6 Å². The Labute approximate surface area is 102 Å². The van der Waals surface area contributed by atoms with E-state index in [0.717, 1.165) is 18.5 Å². The Morgan fingerprint density at radius 3 is 2.29 bits per heavy atom. The third-order valence-electron chi connectivity index (χ3n) is 2.61. The minimum absolute atomic E-state index is 0.0649. The third kappa shape index (κ3) is 4.43. The molecule has 1 atom stereocenters. The fourth-order valence-electron chi connectivity index (χ4n) is 1.90. The maximum absolute atomic E-state index is 13.2. The van der Waals surface area contributed by atoms with E-state index in [9.17, 15) is 8.78 Å². The topological polar surface area (TPSA) is 12.0 Å². The van der Waals surface area contributed by atoms with E-state index in [0.29, 0.717) is 0 Å². The lowest BCUT2D eigenvalue weighted by Crippen LogP contribution is -2.25. The van der Waals surface area contributed by atoms with E-state index in [1.807, 2.05) is 6.92 Å². The molecule has 0 saturated heterocycles. The molecule has 0 radical (unpaired) electrons. The van der Waals surface area contributed by atoms with Crippen molar-refractivity contribution in [2.45, 2.75) is 40.2 Å².